The number of carbonyl (C=O) groups excluding carboxylic acids is 1. The van der Waals surface area contributed by atoms with Crippen LogP contribution in [-0.2, 0) is 17.8 Å². The molecule has 0 unspecified atom stereocenters. The van der Waals surface area contributed by atoms with Gasteiger partial charge in [0.25, 0.3) is 0 Å². The van der Waals surface area contributed by atoms with Gasteiger partial charge in [-0.1, -0.05) is 43.5 Å². The Kier molecular flexibility index (Phi) is 7.71. The van der Waals surface area contributed by atoms with Crippen molar-refractivity contribution < 1.29 is 9.53 Å². The summed E-state index contributed by atoms with van der Waals surface area (Å²) in [6.45, 7) is 2.64. The molecular weight excluding hydrogens is 340 g/mol. The number of urea groups is 1. The number of amides is 2. The Balaban J connectivity index is 1.26. The van der Waals surface area contributed by atoms with E-state index in [2.05, 4.69) is 27.9 Å². The fourth-order valence-corrected chi connectivity index (χ4v) is 3.34. The highest BCUT2D eigenvalue weighted by Gasteiger charge is 2.13. The van der Waals surface area contributed by atoms with Crippen molar-refractivity contribution in [1.29, 1.82) is 0 Å². The zero-order valence-electron chi connectivity index (χ0n) is 15.9. The van der Waals surface area contributed by atoms with Gasteiger partial charge in [0.05, 0.1) is 12.6 Å². The maximum Gasteiger partial charge on any atom is 0.315 e. The minimum atomic E-state index is -0.131. The third-order valence-corrected chi connectivity index (χ3v) is 4.89. The first-order valence-corrected chi connectivity index (χ1v) is 9.98. The monoisotopic (exact) mass is 370 g/mol. The van der Waals surface area contributed by atoms with Crippen LogP contribution in [0.15, 0.2) is 42.7 Å². The van der Waals surface area contributed by atoms with Gasteiger partial charge in [-0.2, -0.15) is 5.10 Å². The fraction of sp³-hybridized carbons (Fsp3) is 0.524. The van der Waals surface area contributed by atoms with Gasteiger partial charge in [0.2, 0.25) is 0 Å². The number of hydrogen-bond acceptors (Lipinski definition) is 3. The van der Waals surface area contributed by atoms with Crippen LogP contribution in [0.3, 0.4) is 0 Å². The minimum Gasteiger partial charge on any atom is -0.378 e. The lowest BCUT2D eigenvalue weighted by Gasteiger charge is -2.21. The summed E-state index contributed by atoms with van der Waals surface area (Å²) in [5.74, 6) is 0. The van der Waals surface area contributed by atoms with Gasteiger partial charge in [-0.25, -0.2) is 4.79 Å². The van der Waals surface area contributed by atoms with Crippen LogP contribution in [0, 0.1) is 0 Å². The SMILES string of the molecule is O=C(NCCCOC1CCCCC1)NCc1ccc(Cn2cccn2)cc1. The Morgan fingerprint density at radius 2 is 1.89 bits per heavy atom. The molecule has 27 heavy (non-hydrogen) atoms. The molecule has 0 saturated heterocycles. The van der Waals surface area contributed by atoms with E-state index >= 15 is 0 Å². The third kappa shape index (κ3) is 7.06. The van der Waals surface area contributed by atoms with Crippen molar-refractivity contribution in [3.05, 3.63) is 53.9 Å². The highest BCUT2D eigenvalue weighted by Crippen LogP contribution is 2.20. The van der Waals surface area contributed by atoms with Gasteiger partial charge in [0.1, 0.15) is 0 Å². The normalized spacial score (nSPS) is 14.8. The van der Waals surface area contributed by atoms with Crippen LogP contribution >= 0.6 is 0 Å². The molecule has 0 bridgehead atoms. The fourth-order valence-electron chi connectivity index (χ4n) is 3.34. The Labute approximate surface area is 161 Å². The van der Waals surface area contributed by atoms with Crippen molar-refractivity contribution in [2.45, 2.75) is 57.7 Å². The second-order valence-corrected chi connectivity index (χ2v) is 7.11. The van der Waals surface area contributed by atoms with Gasteiger partial charge in [0.15, 0.2) is 0 Å². The molecular formula is C21H30N4O2. The van der Waals surface area contributed by atoms with E-state index in [1.165, 1.54) is 37.7 Å². The summed E-state index contributed by atoms with van der Waals surface area (Å²) < 4.78 is 7.75. The maximum absolute atomic E-state index is 11.9. The molecule has 2 N–H and O–H groups in total. The summed E-state index contributed by atoms with van der Waals surface area (Å²) in [5, 5.41) is 9.99. The van der Waals surface area contributed by atoms with Crippen LogP contribution in [0.25, 0.3) is 0 Å². The second-order valence-electron chi connectivity index (χ2n) is 7.11. The largest absolute Gasteiger partial charge is 0.378 e. The quantitative estimate of drug-likeness (QED) is 0.664. The van der Waals surface area contributed by atoms with E-state index in [0.717, 1.165) is 25.1 Å². The summed E-state index contributed by atoms with van der Waals surface area (Å²) in [4.78, 5) is 11.9. The molecule has 0 aliphatic heterocycles. The predicted molar refractivity (Wildman–Crippen MR) is 105 cm³/mol. The number of nitrogens with one attached hydrogen (secondary N) is 2. The highest BCUT2D eigenvalue weighted by molar-refractivity contribution is 5.73. The van der Waals surface area contributed by atoms with E-state index in [-0.39, 0.29) is 6.03 Å². The number of rotatable bonds is 9. The molecule has 1 aliphatic rings. The van der Waals surface area contributed by atoms with E-state index in [1.807, 2.05) is 29.1 Å². The Morgan fingerprint density at radius 1 is 1.11 bits per heavy atom. The average molecular weight is 370 g/mol. The summed E-state index contributed by atoms with van der Waals surface area (Å²) in [6.07, 6.45) is 11.3. The Hall–Kier alpha value is -2.34. The summed E-state index contributed by atoms with van der Waals surface area (Å²) in [5.41, 5.74) is 2.26. The van der Waals surface area contributed by atoms with Gasteiger partial charge >= 0.3 is 6.03 Å². The van der Waals surface area contributed by atoms with Crippen molar-refractivity contribution in [3.8, 4) is 0 Å². The lowest BCUT2D eigenvalue weighted by Crippen LogP contribution is -2.36. The molecule has 1 aromatic carbocycles. The number of nitrogens with zero attached hydrogens (tertiary/aromatic N) is 2. The molecule has 1 heterocycles. The van der Waals surface area contributed by atoms with Crippen LogP contribution in [0.4, 0.5) is 4.79 Å². The third-order valence-electron chi connectivity index (χ3n) is 4.89. The molecule has 1 fully saturated rings. The maximum atomic E-state index is 11.9. The van der Waals surface area contributed by atoms with Crippen molar-refractivity contribution in [3.63, 3.8) is 0 Å². The van der Waals surface area contributed by atoms with Crippen LogP contribution < -0.4 is 10.6 Å². The first kappa shape index (κ1) is 19.4. The van der Waals surface area contributed by atoms with E-state index < -0.39 is 0 Å². The minimum absolute atomic E-state index is 0.131. The number of benzene rings is 1. The summed E-state index contributed by atoms with van der Waals surface area (Å²) in [6, 6.07) is 10.00. The first-order chi connectivity index (χ1) is 13.3. The molecule has 2 amide bonds. The van der Waals surface area contributed by atoms with Crippen molar-refractivity contribution in [2.75, 3.05) is 13.2 Å². The molecule has 3 rings (SSSR count). The highest BCUT2D eigenvalue weighted by atomic mass is 16.5. The van der Waals surface area contributed by atoms with Crippen molar-refractivity contribution in [1.82, 2.24) is 20.4 Å². The van der Waals surface area contributed by atoms with Crippen molar-refractivity contribution in [2.24, 2.45) is 0 Å². The van der Waals surface area contributed by atoms with Crippen LogP contribution in [-0.4, -0.2) is 35.1 Å². The number of aromatic nitrogens is 2. The molecule has 1 aromatic heterocycles. The lowest BCUT2D eigenvalue weighted by molar-refractivity contribution is 0.0275. The van der Waals surface area contributed by atoms with E-state index in [4.69, 9.17) is 4.74 Å². The van der Waals surface area contributed by atoms with Gasteiger partial charge in [-0.15, -0.1) is 0 Å². The molecule has 6 nitrogen and oxygen atoms in total. The van der Waals surface area contributed by atoms with Crippen LogP contribution in [0.2, 0.25) is 0 Å². The Bertz CT molecular complexity index is 664. The topological polar surface area (TPSA) is 68.2 Å². The molecule has 1 saturated carbocycles. The second kappa shape index (κ2) is 10.7. The molecule has 146 valence electrons. The van der Waals surface area contributed by atoms with Crippen molar-refractivity contribution >= 4 is 6.03 Å². The predicted octanol–water partition coefficient (Wildman–Crippen LogP) is 3.47. The zero-order chi connectivity index (χ0) is 18.7. The standard InChI is InChI=1S/C21H30N4O2/c26-21(22-12-5-15-27-20-6-2-1-3-7-20)23-16-18-8-10-19(11-9-18)17-25-14-4-13-24-25/h4,8-11,13-14,20H,1-3,5-7,12,15-17H2,(H2,22,23,26). The molecule has 0 atom stereocenters. The number of carbonyl (C=O) groups is 1. The molecule has 0 spiro atoms. The van der Waals surface area contributed by atoms with Gasteiger partial charge in [-0.3, -0.25) is 4.68 Å². The van der Waals surface area contributed by atoms with Gasteiger partial charge < -0.3 is 15.4 Å². The molecule has 1 aliphatic carbocycles. The number of ether oxygens (including phenoxy) is 1. The Morgan fingerprint density at radius 3 is 2.63 bits per heavy atom. The van der Waals surface area contributed by atoms with Crippen LogP contribution in [0.1, 0.15) is 49.7 Å². The zero-order valence-corrected chi connectivity index (χ0v) is 15.9. The molecule has 6 heteroatoms. The van der Waals surface area contributed by atoms with Crippen LogP contribution in [0.5, 0.6) is 0 Å². The van der Waals surface area contributed by atoms with E-state index in [1.54, 1.807) is 6.20 Å². The van der Waals surface area contributed by atoms with Gasteiger partial charge in [0, 0.05) is 32.1 Å². The van der Waals surface area contributed by atoms with E-state index in [0.29, 0.717) is 19.2 Å². The summed E-state index contributed by atoms with van der Waals surface area (Å²) >= 11 is 0. The number of hydrogen-bond donors (Lipinski definition) is 2. The average Bonchev–Trinajstić information content (AvgIpc) is 3.21. The van der Waals surface area contributed by atoms with Gasteiger partial charge in [-0.05, 0) is 36.5 Å². The molecule has 0 radical (unpaired) electrons. The first-order valence-electron chi connectivity index (χ1n) is 9.98. The molecule has 2 aromatic rings. The smallest absolute Gasteiger partial charge is 0.315 e. The lowest BCUT2D eigenvalue weighted by atomic mass is 9.98. The summed E-state index contributed by atoms with van der Waals surface area (Å²) in [7, 11) is 0. The van der Waals surface area contributed by atoms with E-state index in [9.17, 15) is 4.79 Å².